The number of rotatable bonds is 9. The van der Waals surface area contributed by atoms with Gasteiger partial charge in [-0.1, -0.05) is 77.7 Å². The molecule has 5 rings (SSSR count). The minimum Gasteiger partial charge on any atom is -0.458 e. The zero-order chi connectivity index (χ0) is 29.4. The van der Waals surface area contributed by atoms with Crippen molar-refractivity contribution in [2.45, 2.75) is 111 Å². The smallest absolute Gasteiger partial charge is 0.338 e. The molecule has 5 heteroatoms. The van der Waals surface area contributed by atoms with Crippen molar-refractivity contribution in [2.75, 3.05) is 0 Å². The number of allylic oxidation sites excluding steroid dienone is 1. The third kappa shape index (κ3) is 6.06. The minimum atomic E-state index is -0.492. The van der Waals surface area contributed by atoms with E-state index in [9.17, 15) is 14.9 Å². The summed E-state index contributed by atoms with van der Waals surface area (Å²) in [7, 11) is 0. The lowest BCUT2D eigenvalue weighted by Gasteiger charge is -2.58. The average molecular weight is 562 g/mol. The van der Waals surface area contributed by atoms with Crippen LogP contribution in [0.5, 0.6) is 0 Å². The number of nitro groups is 1. The number of nitrogens with zero attached hydrogens (tertiary/aromatic N) is 1. The van der Waals surface area contributed by atoms with Gasteiger partial charge in [-0.25, -0.2) is 4.79 Å². The van der Waals surface area contributed by atoms with E-state index in [4.69, 9.17) is 4.74 Å². The first-order valence-electron chi connectivity index (χ1n) is 16.3. The fraction of sp³-hybridized carbons (Fsp3) is 0.694. The molecule has 1 unspecified atom stereocenters. The molecule has 8 atom stereocenters. The van der Waals surface area contributed by atoms with Crippen molar-refractivity contribution in [1.82, 2.24) is 0 Å². The molecular formula is C36H51NO4. The van der Waals surface area contributed by atoms with Gasteiger partial charge in [0, 0.05) is 12.5 Å². The first kappa shape index (κ1) is 30.0. The second kappa shape index (κ2) is 12.1. The third-order valence-electron chi connectivity index (χ3n) is 12.1. The quantitative estimate of drug-likeness (QED) is 0.130. The molecule has 4 aliphatic carbocycles. The molecule has 0 heterocycles. The maximum Gasteiger partial charge on any atom is 0.338 e. The molecule has 0 spiro atoms. The van der Waals surface area contributed by atoms with Gasteiger partial charge in [-0.05, 0) is 109 Å². The van der Waals surface area contributed by atoms with Gasteiger partial charge >= 0.3 is 5.97 Å². The molecule has 41 heavy (non-hydrogen) atoms. The molecule has 0 radical (unpaired) electrons. The van der Waals surface area contributed by atoms with E-state index in [1.807, 2.05) is 0 Å². The number of carbonyl (C=O) groups excluding carboxylic acids is 1. The van der Waals surface area contributed by atoms with E-state index in [1.165, 1.54) is 63.0 Å². The summed E-state index contributed by atoms with van der Waals surface area (Å²) in [5, 5.41) is 10.6. The molecule has 3 fully saturated rings. The monoisotopic (exact) mass is 561 g/mol. The van der Waals surface area contributed by atoms with Crippen LogP contribution in [0.4, 0.5) is 0 Å². The van der Waals surface area contributed by atoms with Gasteiger partial charge in [0.25, 0.3) is 0 Å². The summed E-state index contributed by atoms with van der Waals surface area (Å²) in [5.74, 6) is 4.64. The van der Waals surface area contributed by atoms with Gasteiger partial charge in [0.2, 0.25) is 6.20 Å². The number of carbonyl (C=O) groups is 1. The Kier molecular flexibility index (Phi) is 8.83. The first-order valence-corrected chi connectivity index (χ1v) is 16.3. The van der Waals surface area contributed by atoms with E-state index >= 15 is 0 Å². The van der Waals surface area contributed by atoms with Gasteiger partial charge < -0.3 is 4.74 Å². The topological polar surface area (TPSA) is 69.4 Å². The molecule has 0 aliphatic heterocycles. The van der Waals surface area contributed by atoms with Gasteiger partial charge in [-0.2, -0.15) is 0 Å². The Morgan fingerprint density at radius 1 is 1.05 bits per heavy atom. The largest absolute Gasteiger partial charge is 0.458 e. The van der Waals surface area contributed by atoms with Crippen LogP contribution in [0.1, 0.15) is 121 Å². The van der Waals surface area contributed by atoms with Gasteiger partial charge in [0.1, 0.15) is 6.10 Å². The van der Waals surface area contributed by atoms with Crippen molar-refractivity contribution in [3.05, 3.63) is 63.4 Å². The van der Waals surface area contributed by atoms with Crippen LogP contribution in [0.2, 0.25) is 0 Å². The van der Waals surface area contributed by atoms with Crippen molar-refractivity contribution >= 4 is 12.0 Å². The summed E-state index contributed by atoms with van der Waals surface area (Å²) in [5.41, 5.74) is 3.45. The Hall–Kier alpha value is -2.43. The minimum absolute atomic E-state index is 0.0798. The number of ether oxygens (including phenoxy) is 1. The highest BCUT2D eigenvalue weighted by Gasteiger charge is 2.59. The van der Waals surface area contributed by atoms with Crippen molar-refractivity contribution in [3.8, 4) is 0 Å². The summed E-state index contributed by atoms with van der Waals surface area (Å²) in [4.78, 5) is 23.0. The van der Waals surface area contributed by atoms with Crippen LogP contribution in [0, 0.1) is 56.5 Å². The first-order chi connectivity index (χ1) is 19.5. The molecule has 0 aromatic heterocycles. The van der Waals surface area contributed by atoms with E-state index in [0.717, 1.165) is 61.0 Å². The number of benzene rings is 1. The zero-order valence-electron chi connectivity index (χ0n) is 25.9. The van der Waals surface area contributed by atoms with Crippen LogP contribution in [-0.2, 0) is 4.74 Å². The maximum absolute atomic E-state index is 12.9. The summed E-state index contributed by atoms with van der Waals surface area (Å²) in [6.07, 6.45) is 18.6. The highest BCUT2D eigenvalue weighted by atomic mass is 16.6. The Morgan fingerprint density at radius 2 is 1.80 bits per heavy atom. The average Bonchev–Trinajstić information content (AvgIpc) is 3.29. The summed E-state index contributed by atoms with van der Waals surface area (Å²) >= 11 is 0. The molecule has 0 amide bonds. The van der Waals surface area contributed by atoms with Gasteiger partial charge in [-0.15, -0.1) is 0 Å². The number of fused-ring (bicyclic) bond motifs is 5. The zero-order valence-corrected chi connectivity index (χ0v) is 25.9. The van der Waals surface area contributed by atoms with Gasteiger partial charge in [0.15, 0.2) is 0 Å². The number of hydrogen-bond donors (Lipinski definition) is 0. The Balaban J connectivity index is 1.21. The fourth-order valence-electron chi connectivity index (χ4n) is 9.85. The molecular weight excluding hydrogens is 510 g/mol. The summed E-state index contributed by atoms with van der Waals surface area (Å²) < 4.78 is 6.01. The van der Waals surface area contributed by atoms with Crippen LogP contribution >= 0.6 is 0 Å². The molecule has 0 saturated heterocycles. The summed E-state index contributed by atoms with van der Waals surface area (Å²) in [6.45, 7) is 12.4. The molecule has 0 N–H and O–H groups in total. The summed E-state index contributed by atoms with van der Waals surface area (Å²) in [6, 6.07) is 6.82. The van der Waals surface area contributed by atoms with Crippen LogP contribution < -0.4 is 0 Å². The lowest BCUT2D eigenvalue weighted by atomic mass is 9.47. The van der Waals surface area contributed by atoms with Crippen LogP contribution in [0.25, 0.3) is 6.08 Å². The normalized spacial score (nSPS) is 35.4. The third-order valence-corrected chi connectivity index (χ3v) is 12.1. The highest BCUT2D eigenvalue weighted by Crippen LogP contribution is 2.67. The van der Waals surface area contributed by atoms with Crippen LogP contribution in [0.15, 0.2) is 42.1 Å². The van der Waals surface area contributed by atoms with Crippen molar-refractivity contribution in [3.63, 3.8) is 0 Å². The second-order valence-corrected chi connectivity index (χ2v) is 14.8. The maximum atomic E-state index is 12.9. The Morgan fingerprint density at radius 3 is 2.51 bits per heavy atom. The lowest BCUT2D eigenvalue weighted by Crippen LogP contribution is -2.51. The number of hydrogen-bond acceptors (Lipinski definition) is 4. The van der Waals surface area contributed by atoms with E-state index in [-0.39, 0.29) is 17.5 Å². The van der Waals surface area contributed by atoms with Crippen LogP contribution in [-0.4, -0.2) is 17.0 Å². The predicted molar refractivity (Wildman–Crippen MR) is 165 cm³/mol. The molecule has 1 aromatic carbocycles. The van der Waals surface area contributed by atoms with Crippen LogP contribution in [0.3, 0.4) is 0 Å². The van der Waals surface area contributed by atoms with Crippen molar-refractivity contribution in [1.29, 1.82) is 0 Å². The second-order valence-electron chi connectivity index (χ2n) is 14.8. The van der Waals surface area contributed by atoms with Crippen molar-refractivity contribution < 1.29 is 14.5 Å². The molecule has 1 aromatic rings. The molecule has 224 valence electrons. The number of esters is 1. The highest BCUT2D eigenvalue weighted by molar-refractivity contribution is 5.89. The lowest BCUT2D eigenvalue weighted by molar-refractivity contribution is -0.400. The fourth-order valence-corrected chi connectivity index (χ4v) is 9.85. The van der Waals surface area contributed by atoms with Crippen molar-refractivity contribution in [2.24, 2.45) is 46.3 Å². The molecule has 4 aliphatic rings. The molecule has 0 bridgehead atoms. The van der Waals surface area contributed by atoms with Gasteiger partial charge in [-0.3, -0.25) is 10.1 Å². The van der Waals surface area contributed by atoms with E-state index < -0.39 is 4.92 Å². The SMILES string of the molecule is CC(C)CCC[C@@H](C)[C@H]1CC[C@H]2[C@@H]3CC=C4CC(OC(=O)c5ccc(/C=C/[N+](=O)[O-])cc5)CC[C@]4(C)[C@H]3CC[C@]12C. The molecule has 5 nitrogen and oxygen atoms in total. The molecule has 3 saturated carbocycles. The van der Waals surface area contributed by atoms with E-state index in [0.29, 0.717) is 16.5 Å². The van der Waals surface area contributed by atoms with E-state index in [2.05, 4.69) is 40.7 Å². The standard InChI is InChI=1S/C36H51NO4/c1-24(2)7-6-8-25(3)31-15-16-32-30-14-13-28-23-29(17-20-35(28,4)33(30)18-21-36(31,32)5)41-34(38)27-11-9-26(10-12-27)19-22-37(39)40/h9-13,19,22,24-25,29-33H,6-8,14-18,20-21,23H2,1-5H3/b22-19+/t25-,29?,30+,31-,32+,33+,35+,36-/m1/s1. The van der Waals surface area contributed by atoms with Gasteiger partial charge in [0.05, 0.1) is 10.5 Å². The predicted octanol–water partition coefficient (Wildman–Crippen LogP) is 9.50. The Bertz CT molecular complexity index is 1170. The van der Waals surface area contributed by atoms with E-state index in [1.54, 1.807) is 24.3 Å². The Labute approximate surface area is 247 Å².